The molecule has 0 N–H and O–H groups in total. The van der Waals surface area contributed by atoms with Crippen LogP contribution in [0.2, 0.25) is 0 Å². The predicted octanol–water partition coefficient (Wildman–Crippen LogP) is -3.91. The monoisotopic (exact) mass is 303 g/mol. The summed E-state index contributed by atoms with van der Waals surface area (Å²) in [5.41, 5.74) is 0. The molecule has 6 heteroatoms. The van der Waals surface area contributed by atoms with Crippen molar-refractivity contribution in [3.05, 3.63) is 0 Å². The van der Waals surface area contributed by atoms with E-state index >= 15 is 0 Å². The average molecular weight is 302 g/mol. The first kappa shape index (κ1) is 10.0. The van der Waals surface area contributed by atoms with Crippen LogP contribution in [-0.4, -0.2) is 36.4 Å². The zero-order valence-corrected chi connectivity index (χ0v) is 7.49. The van der Waals surface area contributed by atoms with E-state index < -0.39 is 9.14 Å². The van der Waals surface area contributed by atoms with Gasteiger partial charge in [0.1, 0.15) is 0 Å². The van der Waals surface area contributed by atoms with Crippen molar-refractivity contribution in [3.63, 3.8) is 0 Å². The summed E-state index contributed by atoms with van der Waals surface area (Å²) in [5, 5.41) is 0. The van der Waals surface area contributed by atoms with Crippen molar-refractivity contribution in [2.24, 2.45) is 0 Å². The van der Waals surface area contributed by atoms with Crippen molar-refractivity contribution in [1.82, 2.24) is 0 Å². The van der Waals surface area contributed by atoms with Crippen LogP contribution in [0.15, 0.2) is 0 Å². The van der Waals surface area contributed by atoms with Crippen molar-refractivity contribution in [2.75, 3.05) is 0 Å². The van der Waals surface area contributed by atoms with Gasteiger partial charge in [0.05, 0.1) is 0 Å². The zero-order chi connectivity index (χ0) is 4.50. The molecule has 0 aromatic rings. The molecule has 0 amide bonds. The molecule has 0 spiro atoms. The first-order valence-corrected chi connectivity index (χ1v) is 2.40. The van der Waals surface area contributed by atoms with Gasteiger partial charge in [-0.05, 0) is 0 Å². The Morgan fingerprint density at radius 1 is 1.17 bits per heavy atom. The Bertz CT molecular complexity index is 26.3. The van der Waals surface area contributed by atoms with Crippen molar-refractivity contribution >= 4 is 36.4 Å². The van der Waals surface area contributed by atoms with Gasteiger partial charge in [-0.3, -0.25) is 0 Å². The zero-order valence-electron chi connectivity index (χ0n) is 2.60. The molecule has 0 unspecified atom stereocenters. The summed E-state index contributed by atoms with van der Waals surface area (Å²) in [6.07, 6.45) is 0. The van der Waals surface area contributed by atoms with Crippen LogP contribution >= 0.6 is 0 Å². The molecule has 0 bridgehead atoms. The SMILES string of the molecule is [O-][Si]([O-])([O-])F.[Pb+3]. The number of hydrogen-bond donors (Lipinski definition) is 0. The summed E-state index contributed by atoms with van der Waals surface area (Å²) < 4.78 is 10.2. The third kappa shape index (κ3) is 85.7. The predicted molar refractivity (Wildman–Crippen MR) is 12.6 cm³/mol. The Labute approximate surface area is 55.1 Å². The molecule has 6 heavy (non-hydrogen) atoms. The Balaban J connectivity index is 0. The molecule has 0 aliphatic heterocycles. The van der Waals surface area contributed by atoms with Crippen LogP contribution in [0.3, 0.4) is 0 Å². The van der Waals surface area contributed by atoms with Crippen molar-refractivity contribution in [3.8, 4) is 0 Å². The minimum Gasteiger partial charge on any atom is -0.857 e. The number of halogens is 1. The normalized spacial score (nSPS) is 10.0. The minimum atomic E-state index is -5.86. The standard InChI is InChI=1S/FO3Si.Pb/c1-5(2,3)4;/q-3;+3. The molecular formula is FO3PbSi. The second kappa shape index (κ2) is 3.02. The Kier molecular flexibility index (Phi) is 5.05. The Morgan fingerprint density at radius 2 is 1.17 bits per heavy atom. The van der Waals surface area contributed by atoms with Gasteiger partial charge in [0.15, 0.2) is 0 Å². The summed E-state index contributed by atoms with van der Waals surface area (Å²) in [5.74, 6) is 0. The fraction of sp³-hybridized carbons (Fsp3) is 0. The summed E-state index contributed by atoms with van der Waals surface area (Å²) >= 11 is 0. The third-order valence-electron chi connectivity index (χ3n) is 0. The molecule has 0 aromatic carbocycles. The number of rotatable bonds is 0. The largest absolute Gasteiger partial charge is 3.00 e. The fourth-order valence-electron chi connectivity index (χ4n) is 0. The molecule has 0 aliphatic carbocycles. The summed E-state index contributed by atoms with van der Waals surface area (Å²) in [4.78, 5) is 25.4. The minimum absolute atomic E-state index is 0. The molecule has 0 saturated heterocycles. The van der Waals surface area contributed by atoms with Crippen LogP contribution in [-0.2, 0) is 0 Å². The van der Waals surface area contributed by atoms with E-state index in [1.165, 1.54) is 0 Å². The van der Waals surface area contributed by atoms with Gasteiger partial charge < -0.3 is 18.5 Å². The van der Waals surface area contributed by atoms with Gasteiger partial charge in [-0.25, -0.2) is 0 Å². The second-order valence-corrected chi connectivity index (χ2v) is 1.44. The first-order valence-electron chi connectivity index (χ1n) is 0.801. The topological polar surface area (TPSA) is 69.2 Å². The maximum Gasteiger partial charge on any atom is 3.00 e. The molecule has 33 valence electrons. The average Bonchev–Trinajstić information content (AvgIpc) is 0.722. The second-order valence-electron chi connectivity index (χ2n) is 0.481. The molecule has 0 aromatic heterocycles. The van der Waals surface area contributed by atoms with E-state index in [0.29, 0.717) is 0 Å². The third-order valence-corrected chi connectivity index (χ3v) is 0. The molecule has 3 nitrogen and oxygen atoms in total. The van der Waals surface area contributed by atoms with Crippen molar-refractivity contribution in [2.45, 2.75) is 0 Å². The van der Waals surface area contributed by atoms with Crippen LogP contribution < -0.4 is 14.4 Å². The molecular weight excluding hydrogens is 302 g/mol. The van der Waals surface area contributed by atoms with Crippen LogP contribution in [0.4, 0.5) is 4.11 Å². The van der Waals surface area contributed by atoms with E-state index in [9.17, 15) is 4.11 Å². The molecule has 0 fully saturated rings. The van der Waals surface area contributed by atoms with Crippen LogP contribution in [0.1, 0.15) is 0 Å². The van der Waals surface area contributed by atoms with E-state index in [-0.39, 0.29) is 27.3 Å². The van der Waals surface area contributed by atoms with E-state index in [1.807, 2.05) is 0 Å². The van der Waals surface area contributed by atoms with E-state index in [1.54, 1.807) is 0 Å². The first-order chi connectivity index (χ1) is 2.00. The van der Waals surface area contributed by atoms with Gasteiger partial charge in [-0.1, -0.05) is 9.14 Å². The molecule has 0 rings (SSSR count). The maximum atomic E-state index is 10.2. The smallest absolute Gasteiger partial charge is 0.857 e. The molecule has 1 radical (unpaired) electrons. The summed E-state index contributed by atoms with van der Waals surface area (Å²) in [7, 11) is -5.86. The molecule has 0 saturated carbocycles. The van der Waals surface area contributed by atoms with Gasteiger partial charge in [-0.15, -0.1) is 0 Å². The van der Waals surface area contributed by atoms with Gasteiger partial charge >= 0.3 is 27.3 Å². The van der Waals surface area contributed by atoms with E-state index in [4.69, 9.17) is 14.4 Å². The summed E-state index contributed by atoms with van der Waals surface area (Å²) in [6.45, 7) is 0. The van der Waals surface area contributed by atoms with Crippen LogP contribution in [0.25, 0.3) is 0 Å². The fourth-order valence-corrected chi connectivity index (χ4v) is 0. The maximum absolute atomic E-state index is 10.2. The summed E-state index contributed by atoms with van der Waals surface area (Å²) in [6, 6.07) is 0. The van der Waals surface area contributed by atoms with Gasteiger partial charge in [0, 0.05) is 0 Å². The van der Waals surface area contributed by atoms with E-state index in [2.05, 4.69) is 0 Å². The molecule has 0 atom stereocenters. The van der Waals surface area contributed by atoms with E-state index in [0.717, 1.165) is 0 Å². The van der Waals surface area contributed by atoms with Crippen LogP contribution in [0.5, 0.6) is 0 Å². The Morgan fingerprint density at radius 3 is 1.17 bits per heavy atom. The molecule has 0 aliphatic rings. The molecule has 0 heterocycles. The van der Waals surface area contributed by atoms with Crippen molar-refractivity contribution in [1.29, 1.82) is 0 Å². The van der Waals surface area contributed by atoms with Gasteiger partial charge in [0.25, 0.3) is 0 Å². The van der Waals surface area contributed by atoms with Crippen molar-refractivity contribution < 1.29 is 18.5 Å². The van der Waals surface area contributed by atoms with Gasteiger partial charge in [0.2, 0.25) is 0 Å². The van der Waals surface area contributed by atoms with Crippen LogP contribution in [0, 0.1) is 0 Å². The quantitative estimate of drug-likeness (QED) is 0.339. The van der Waals surface area contributed by atoms with Gasteiger partial charge in [-0.2, -0.15) is 0 Å². The number of hydrogen-bond acceptors (Lipinski definition) is 3. The Hall–Kier alpha value is 0.949.